The van der Waals surface area contributed by atoms with Crippen molar-refractivity contribution in [3.05, 3.63) is 0 Å². The van der Waals surface area contributed by atoms with Gasteiger partial charge in [-0.05, 0) is 19.9 Å². The van der Waals surface area contributed by atoms with Crippen LogP contribution in [0.4, 0.5) is 9.59 Å². The van der Waals surface area contributed by atoms with Crippen LogP contribution < -0.4 is 0 Å². The molecule has 0 atom stereocenters. The molecule has 0 rings (SSSR count). The number of ether oxygens (including phenoxy) is 1. The maximum Gasteiger partial charge on any atom is 0.452 e. The van der Waals surface area contributed by atoms with Crippen molar-refractivity contribution in [3.8, 4) is 0 Å². The van der Waals surface area contributed by atoms with E-state index in [4.69, 9.17) is 4.43 Å². The second-order valence-corrected chi connectivity index (χ2v) is 4.50. The van der Waals surface area contributed by atoms with Gasteiger partial charge in [-0.3, -0.25) is 0 Å². The van der Waals surface area contributed by atoms with Crippen LogP contribution in [0, 0.1) is 0 Å². The van der Waals surface area contributed by atoms with Gasteiger partial charge in [-0.25, -0.2) is 9.59 Å². The Bertz CT molecular complexity index is 243. The molecule has 0 aromatic heterocycles. The molecule has 0 spiro atoms. The highest BCUT2D eigenvalue weighted by Gasteiger charge is 2.05. The predicted molar refractivity (Wildman–Crippen MR) is 56.6 cm³/mol. The minimum atomic E-state index is -0.876. The van der Waals surface area contributed by atoms with E-state index in [1.54, 1.807) is 13.8 Å². The minimum absolute atomic E-state index is 0.276. The third kappa shape index (κ3) is 9.07. The lowest BCUT2D eigenvalue weighted by molar-refractivity contribution is 0.123. The summed E-state index contributed by atoms with van der Waals surface area (Å²) in [5, 5.41) is 6.13. The smallest absolute Gasteiger partial charge is 0.452 e. The van der Waals surface area contributed by atoms with Crippen LogP contribution in [-0.4, -0.2) is 28.1 Å². The first-order valence-electron chi connectivity index (χ1n) is 4.85. The van der Waals surface area contributed by atoms with E-state index in [0.29, 0.717) is 0 Å². The van der Waals surface area contributed by atoms with Crippen molar-refractivity contribution in [2.75, 3.05) is 0 Å². The molecule has 0 aliphatic carbocycles. The minimum Gasteiger partial charge on any atom is -0.507 e. The molecule has 2 amide bonds. The van der Waals surface area contributed by atoms with E-state index in [1.165, 1.54) is 0 Å². The van der Waals surface area contributed by atoms with E-state index in [2.05, 4.69) is 15.0 Å². The van der Waals surface area contributed by atoms with Crippen molar-refractivity contribution in [3.63, 3.8) is 0 Å². The molecule has 0 fully saturated rings. The molecular weight excluding hydrogens is 216 g/mol. The van der Waals surface area contributed by atoms with Gasteiger partial charge in [0, 0.05) is 0 Å². The molecule has 7 heteroatoms. The monoisotopic (exact) mass is 232 g/mol. The van der Waals surface area contributed by atoms with Crippen molar-refractivity contribution < 1.29 is 18.8 Å². The van der Waals surface area contributed by atoms with E-state index in [9.17, 15) is 9.59 Å². The van der Waals surface area contributed by atoms with Crippen LogP contribution in [-0.2, 0) is 9.16 Å². The van der Waals surface area contributed by atoms with Gasteiger partial charge in [0.1, 0.15) is 0 Å². The zero-order valence-corrected chi connectivity index (χ0v) is 10.6. The Morgan fingerprint density at radius 1 is 1.27 bits per heavy atom. The van der Waals surface area contributed by atoms with Gasteiger partial charge in [0.25, 0.3) is 0 Å². The van der Waals surface area contributed by atoms with Crippen LogP contribution in [0.15, 0.2) is 10.2 Å². The number of carbonyl (C=O) groups is 2. The van der Waals surface area contributed by atoms with E-state index < -0.39 is 21.9 Å². The quantitative estimate of drug-likeness (QED) is 0.422. The van der Waals surface area contributed by atoms with Crippen molar-refractivity contribution in [2.24, 2.45) is 10.2 Å². The van der Waals surface area contributed by atoms with Gasteiger partial charge >= 0.3 is 12.2 Å². The summed E-state index contributed by atoms with van der Waals surface area (Å²) in [4.78, 5) is 21.7. The number of azo groups is 1. The van der Waals surface area contributed by atoms with Crippen molar-refractivity contribution in [1.82, 2.24) is 0 Å². The number of carbonyl (C=O) groups excluding carboxylic acids is 2. The van der Waals surface area contributed by atoms with Gasteiger partial charge in [0.05, 0.1) is 6.10 Å². The first-order valence-corrected chi connectivity index (χ1v) is 6.43. The highest BCUT2D eigenvalue weighted by Crippen LogP contribution is 1.95. The molecule has 0 aromatic carbocycles. The molecule has 0 aromatic rings. The molecule has 15 heavy (non-hydrogen) atoms. The Labute approximate surface area is 91.0 Å². The molecule has 0 saturated heterocycles. The summed E-state index contributed by atoms with van der Waals surface area (Å²) in [5.74, 6) is 0. The molecule has 0 heterocycles. The molecule has 6 nitrogen and oxygen atoms in total. The highest BCUT2D eigenvalue weighted by atomic mass is 28.2. The van der Waals surface area contributed by atoms with Gasteiger partial charge in [-0.15, -0.1) is 0 Å². The van der Waals surface area contributed by atoms with Crippen LogP contribution in [0.2, 0.25) is 6.04 Å². The average Bonchev–Trinajstić information content (AvgIpc) is 2.14. The molecule has 0 unspecified atom stereocenters. The maximum atomic E-state index is 10.9. The Kier molecular flexibility index (Phi) is 7.43. The van der Waals surface area contributed by atoms with Gasteiger partial charge in [0.15, 0.2) is 0 Å². The lowest BCUT2D eigenvalue weighted by Gasteiger charge is -2.02. The van der Waals surface area contributed by atoms with Crippen molar-refractivity contribution in [2.45, 2.75) is 39.3 Å². The zero-order chi connectivity index (χ0) is 11.7. The molecular formula is C8H16N2O4Si. The molecule has 0 bridgehead atoms. The van der Waals surface area contributed by atoms with Crippen LogP contribution >= 0.6 is 0 Å². The van der Waals surface area contributed by atoms with Gasteiger partial charge in [0.2, 0.25) is 9.76 Å². The fraction of sp³-hybridized carbons (Fsp3) is 0.750. The molecule has 0 radical (unpaired) electrons. The Balaban J connectivity index is 3.74. The number of nitrogens with zero attached hydrogens (tertiary/aromatic N) is 2. The third-order valence-corrected chi connectivity index (χ3v) is 2.72. The largest absolute Gasteiger partial charge is 0.507 e. The number of hydrogen-bond acceptors (Lipinski definition) is 4. The molecule has 0 aliphatic rings. The lowest BCUT2D eigenvalue weighted by atomic mass is 10.5. The van der Waals surface area contributed by atoms with Gasteiger partial charge in [-0.2, -0.15) is 0 Å². The van der Waals surface area contributed by atoms with E-state index in [0.717, 1.165) is 12.5 Å². The standard InChI is InChI=1S/C8H16N2O4Si/c1-4-5-15-14-8(12)10-9-7(11)13-6(2)3/h6H,4-5,15H2,1-3H3. The zero-order valence-electron chi connectivity index (χ0n) is 9.23. The maximum absolute atomic E-state index is 10.9. The molecule has 0 N–H and O–H groups in total. The highest BCUT2D eigenvalue weighted by molar-refractivity contribution is 6.30. The van der Waals surface area contributed by atoms with Crippen LogP contribution in [0.3, 0.4) is 0 Å². The summed E-state index contributed by atoms with van der Waals surface area (Å²) >= 11 is 0. The molecule has 0 saturated carbocycles. The lowest BCUT2D eigenvalue weighted by Crippen LogP contribution is -2.08. The van der Waals surface area contributed by atoms with Crippen LogP contribution in [0.25, 0.3) is 0 Å². The SMILES string of the molecule is CCC[SiH2]OC(=O)N=NC(=O)OC(C)C. The van der Waals surface area contributed by atoms with Crippen LogP contribution in [0.1, 0.15) is 27.2 Å². The number of hydrogen-bond donors (Lipinski definition) is 0. The first-order chi connectivity index (χ1) is 7.06. The number of rotatable bonds is 4. The summed E-state index contributed by atoms with van der Waals surface area (Å²) in [5.41, 5.74) is 0. The van der Waals surface area contributed by atoms with E-state index in [-0.39, 0.29) is 6.10 Å². The van der Waals surface area contributed by atoms with Gasteiger partial charge in [-0.1, -0.05) is 23.6 Å². The summed E-state index contributed by atoms with van der Waals surface area (Å²) in [6.07, 6.45) is -0.983. The van der Waals surface area contributed by atoms with E-state index in [1.807, 2.05) is 6.92 Å². The summed E-state index contributed by atoms with van der Waals surface area (Å²) in [7, 11) is -0.858. The second kappa shape index (κ2) is 8.10. The number of amides is 2. The van der Waals surface area contributed by atoms with Crippen molar-refractivity contribution >= 4 is 21.9 Å². The Hall–Kier alpha value is -1.24. The summed E-state index contributed by atoms with van der Waals surface area (Å²) in [6.45, 7) is 5.36. The normalized spacial score (nSPS) is 11.5. The Morgan fingerprint density at radius 2 is 1.87 bits per heavy atom. The fourth-order valence-corrected chi connectivity index (χ4v) is 1.30. The van der Waals surface area contributed by atoms with Gasteiger partial charge < -0.3 is 9.16 Å². The predicted octanol–water partition coefficient (Wildman–Crippen LogP) is 2.03. The average molecular weight is 232 g/mol. The second-order valence-electron chi connectivity index (χ2n) is 3.10. The third-order valence-electron chi connectivity index (χ3n) is 1.27. The fourth-order valence-electron chi connectivity index (χ4n) is 0.640. The Morgan fingerprint density at radius 3 is 2.40 bits per heavy atom. The van der Waals surface area contributed by atoms with E-state index >= 15 is 0 Å². The molecule has 0 aliphatic heterocycles. The summed E-state index contributed by atoms with van der Waals surface area (Å²) < 4.78 is 9.40. The summed E-state index contributed by atoms with van der Waals surface area (Å²) in [6, 6.07) is 0.900. The van der Waals surface area contributed by atoms with Crippen LogP contribution in [0.5, 0.6) is 0 Å². The molecule has 86 valence electrons. The van der Waals surface area contributed by atoms with Crippen molar-refractivity contribution in [1.29, 1.82) is 0 Å². The topological polar surface area (TPSA) is 77.3 Å². The first kappa shape index (κ1) is 13.8.